The van der Waals surface area contributed by atoms with Gasteiger partial charge in [0.1, 0.15) is 24.0 Å². The Labute approximate surface area is 207 Å². The number of aromatic nitrogens is 1. The van der Waals surface area contributed by atoms with Gasteiger partial charge in [-0.05, 0) is 36.2 Å². The van der Waals surface area contributed by atoms with E-state index in [1.165, 1.54) is 23.9 Å². The number of methoxy groups -OCH3 is 1. The molecule has 0 atom stereocenters. The molecule has 0 saturated carbocycles. The predicted octanol–water partition coefficient (Wildman–Crippen LogP) is 2.03. The first kappa shape index (κ1) is 25.8. The van der Waals surface area contributed by atoms with Crippen molar-refractivity contribution in [1.82, 2.24) is 4.57 Å². The number of hydrogen-bond donors (Lipinski definition) is 0. The molecule has 31 heavy (non-hydrogen) atoms. The molecule has 160 valence electrons. The quantitative estimate of drug-likeness (QED) is 0.362. The number of pyridine rings is 1. The topological polar surface area (TPSA) is 113 Å². The molecule has 0 aliphatic rings. The van der Waals surface area contributed by atoms with Crippen molar-refractivity contribution in [2.45, 2.75) is 20.1 Å². The van der Waals surface area contributed by atoms with Gasteiger partial charge in [-0.15, -0.1) is 0 Å². The zero-order valence-corrected chi connectivity index (χ0v) is 20.1. The Hall–Kier alpha value is -1.45. The molecule has 0 N–H and O–H groups in total. The van der Waals surface area contributed by atoms with Gasteiger partial charge in [0.2, 0.25) is 0 Å². The van der Waals surface area contributed by atoms with Crippen molar-refractivity contribution in [2.24, 2.45) is 0 Å². The molecule has 2 aromatic carbocycles. The Bertz CT molecular complexity index is 1160. The Morgan fingerprint density at radius 3 is 2.39 bits per heavy atom. The van der Waals surface area contributed by atoms with Gasteiger partial charge in [0.15, 0.2) is 5.43 Å². The molecule has 3 rings (SSSR count). The number of hydrogen-bond acceptors (Lipinski definition) is 7. The number of fused-ring (bicyclic) bond motifs is 1. The van der Waals surface area contributed by atoms with Gasteiger partial charge in [0.25, 0.3) is 0 Å². The molecule has 1 aromatic heterocycles. The number of nitrogens with zero attached hydrogens (tertiary/aromatic N) is 1. The molecule has 3 aromatic rings. The normalized spacial score (nSPS) is 11.3. The summed E-state index contributed by atoms with van der Waals surface area (Å²) >= 11 is 0. The fourth-order valence-electron chi connectivity index (χ4n) is 3.00. The Morgan fingerprint density at radius 1 is 1.13 bits per heavy atom. The largest absolute Gasteiger partial charge is 2.00 e. The van der Waals surface area contributed by atoms with E-state index in [0.717, 1.165) is 6.07 Å². The van der Waals surface area contributed by atoms with Gasteiger partial charge in [-0.25, -0.2) is 4.39 Å². The van der Waals surface area contributed by atoms with Crippen LogP contribution in [-0.2, 0) is 15.8 Å². The third-order valence-corrected chi connectivity index (χ3v) is 4.78. The average Bonchev–Trinajstić information content (AvgIpc) is 2.72. The van der Waals surface area contributed by atoms with E-state index in [9.17, 15) is 23.5 Å². The van der Waals surface area contributed by atoms with Gasteiger partial charge in [0, 0.05) is 11.8 Å². The van der Waals surface area contributed by atoms with Crippen molar-refractivity contribution in [3.8, 4) is 22.6 Å². The molecule has 0 radical (unpaired) electrons. The monoisotopic (exact) mass is 475 g/mol. The minimum absolute atomic E-state index is 0. The molecule has 0 amide bonds. The third-order valence-electron chi connectivity index (χ3n) is 4.35. The van der Waals surface area contributed by atoms with Gasteiger partial charge in [-0.1, -0.05) is 19.1 Å². The van der Waals surface area contributed by atoms with Crippen molar-refractivity contribution in [3.63, 3.8) is 0 Å². The molecule has 0 unspecified atom stereocenters. The van der Waals surface area contributed by atoms with E-state index < -0.39 is 25.8 Å². The number of ether oxygens (including phenoxy) is 2. The van der Waals surface area contributed by atoms with E-state index in [4.69, 9.17) is 9.47 Å². The van der Waals surface area contributed by atoms with Crippen molar-refractivity contribution in [2.75, 3.05) is 13.7 Å². The summed E-state index contributed by atoms with van der Waals surface area (Å²) in [6.07, 6.45) is 1.96. The van der Waals surface area contributed by atoms with Gasteiger partial charge in [-0.3, -0.25) is 4.79 Å². The van der Waals surface area contributed by atoms with Gasteiger partial charge < -0.3 is 32.9 Å². The van der Waals surface area contributed by atoms with Crippen LogP contribution in [0.5, 0.6) is 11.5 Å². The summed E-state index contributed by atoms with van der Waals surface area (Å²) in [6, 6.07) is 8.90. The first-order chi connectivity index (χ1) is 14.2. The summed E-state index contributed by atoms with van der Waals surface area (Å²) < 4.78 is 42.0. The van der Waals surface area contributed by atoms with Crippen LogP contribution in [0.2, 0.25) is 0 Å². The molecule has 0 aliphatic heterocycles. The molecule has 0 saturated heterocycles. The van der Waals surface area contributed by atoms with Crippen LogP contribution in [0.4, 0.5) is 4.39 Å². The van der Waals surface area contributed by atoms with Crippen molar-refractivity contribution >= 4 is 56.5 Å². The van der Waals surface area contributed by atoms with Gasteiger partial charge >= 0.3 is 37.7 Å². The number of phosphoric ester groups is 1. The Balaban J connectivity index is 0.00000341. The number of benzene rings is 2. The Morgan fingerprint density at radius 2 is 1.81 bits per heavy atom. The fraction of sp³-hybridized carbons (Fsp3) is 0.250. The summed E-state index contributed by atoms with van der Waals surface area (Å²) in [7, 11) is -3.82. The first-order valence-corrected chi connectivity index (χ1v) is 10.5. The third kappa shape index (κ3) is 6.08. The second-order valence-electron chi connectivity index (χ2n) is 6.39. The standard InChI is InChI=1S/C20H21FNO7P.Ca/c1-3-10-28-17-9-8-16(21)18-19(17)22(12-29-30(24,25)26)11-15(20(18)23)13-4-6-14(27-2)7-5-13;/h4-9,11H,3,10,12H2,1-2H3,(H2,24,25,26);/q;+2/p-2. The molecule has 8 nitrogen and oxygen atoms in total. The van der Waals surface area contributed by atoms with Crippen LogP contribution in [-0.4, -0.2) is 56.0 Å². The van der Waals surface area contributed by atoms with Crippen molar-refractivity contribution < 1.29 is 32.7 Å². The fourth-order valence-corrected chi connectivity index (χ4v) is 3.27. The van der Waals surface area contributed by atoms with E-state index in [-0.39, 0.29) is 66.6 Å². The smallest absolute Gasteiger partial charge is 0.790 e. The maximum Gasteiger partial charge on any atom is 2.00 e. The molecule has 0 bridgehead atoms. The second-order valence-corrected chi connectivity index (χ2v) is 7.55. The van der Waals surface area contributed by atoms with Gasteiger partial charge in [0.05, 0.1) is 32.4 Å². The molecule has 11 heteroatoms. The van der Waals surface area contributed by atoms with Crippen LogP contribution in [0.1, 0.15) is 13.3 Å². The molecular weight excluding hydrogens is 456 g/mol. The maximum atomic E-state index is 14.7. The molecule has 0 aliphatic carbocycles. The zero-order chi connectivity index (χ0) is 21.9. The number of phosphoric acid groups is 1. The molecule has 0 spiro atoms. The van der Waals surface area contributed by atoms with E-state index in [2.05, 4.69) is 4.52 Å². The number of halogens is 1. The maximum absolute atomic E-state index is 14.7. The van der Waals surface area contributed by atoms with E-state index in [1.54, 1.807) is 24.3 Å². The van der Waals surface area contributed by atoms with Crippen molar-refractivity contribution in [1.29, 1.82) is 0 Å². The first-order valence-electron chi connectivity index (χ1n) is 9.04. The summed E-state index contributed by atoms with van der Waals surface area (Å²) in [6.45, 7) is 1.42. The molecule has 1 heterocycles. The van der Waals surface area contributed by atoms with E-state index in [0.29, 0.717) is 17.7 Å². The number of rotatable bonds is 8. The predicted molar refractivity (Wildman–Crippen MR) is 110 cm³/mol. The van der Waals surface area contributed by atoms with Crippen LogP contribution < -0.4 is 24.7 Å². The molecule has 0 fully saturated rings. The minimum Gasteiger partial charge on any atom is -0.790 e. The molecular formula is C20H19CaFNO7P. The summed E-state index contributed by atoms with van der Waals surface area (Å²) in [5.74, 6) is -0.0828. The second kappa shape index (κ2) is 10.9. The SMILES string of the molecule is CCCOc1ccc(F)c2c(=O)c(-c3ccc(OC)cc3)cn(COP(=O)([O-])[O-])c12.[Ca+2]. The van der Waals surface area contributed by atoms with Crippen molar-refractivity contribution in [3.05, 3.63) is 58.6 Å². The Kier molecular flexibility index (Phi) is 9.09. The average molecular weight is 475 g/mol. The van der Waals surface area contributed by atoms with Crippen LogP contribution in [0, 0.1) is 5.82 Å². The van der Waals surface area contributed by atoms with Crippen LogP contribution in [0.3, 0.4) is 0 Å². The van der Waals surface area contributed by atoms with Gasteiger partial charge in [-0.2, -0.15) is 0 Å². The van der Waals surface area contributed by atoms with Crippen LogP contribution >= 0.6 is 7.82 Å². The van der Waals surface area contributed by atoms with E-state index >= 15 is 0 Å². The summed E-state index contributed by atoms with van der Waals surface area (Å²) in [4.78, 5) is 35.1. The van der Waals surface area contributed by atoms with Crippen LogP contribution in [0.15, 0.2) is 47.4 Å². The zero-order valence-electron chi connectivity index (χ0n) is 17.0. The summed E-state index contributed by atoms with van der Waals surface area (Å²) in [5, 5.41) is -0.299. The van der Waals surface area contributed by atoms with E-state index in [1.807, 2.05) is 6.92 Å². The summed E-state index contributed by atoms with van der Waals surface area (Å²) in [5.41, 5.74) is -0.0764. The van der Waals surface area contributed by atoms with Crippen LogP contribution in [0.25, 0.3) is 22.0 Å². The minimum atomic E-state index is -5.32.